The minimum Gasteiger partial charge on any atom is -0.504 e. The van der Waals surface area contributed by atoms with E-state index in [2.05, 4.69) is 0 Å². The maximum atomic E-state index is 12.4. The number of benzene rings is 2. The summed E-state index contributed by atoms with van der Waals surface area (Å²) < 4.78 is 29.8. The highest BCUT2D eigenvalue weighted by Crippen LogP contribution is 2.38. The van der Waals surface area contributed by atoms with Crippen LogP contribution in [0.15, 0.2) is 41.3 Å². The predicted molar refractivity (Wildman–Crippen MR) is 80.3 cm³/mol. The van der Waals surface area contributed by atoms with E-state index in [1.54, 1.807) is 18.2 Å². The summed E-state index contributed by atoms with van der Waals surface area (Å²) >= 11 is 0. The zero-order valence-electron chi connectivity index (χ0n) is 12.0. The number of phenolic OH excluding ortho intramolecular Hbond substituents is 2. The van der Waals surface area contributed by atoms with Crippen LogP contribution >= 0.6 is 0 Å². The standard InChI is InChI=1S/C14H13NO7S/c1-22-10-4-2-3-9(5-10)8-23(20,21)11-6-12(15(18)19)14(17)13(16)7-11/h2-7,16-17H,8H2,1H3. The first-order valence-electron chi connectivity index (χ1n) is 6.30. The number of aromatic hydroxyl groups is 2. The molecule has 0 saturated carbocycles. The van der Waals surface area contributed by atoms with E-state index in [-0.39, 0.29) is 0 Å². The van der Waals surface area contributed by atoms with E-state index in [0.717, 1.165) is 6.07 Å². The van der Waals surface area contributed by atoms with Crippen molar-refractivity contribution in [3.05, 3.63) is 52.1 Å². The molecule has 2 rings (SSSR count). The highest BCUT2D eigenvalue weighted by Gasteiger charge is 2.25. The van der Waals surface area contributed by atoms with Gasteiger partial charge in [0.05, 0.1) is 22.7 Å². The molecule has 23 heavy (non-hydrogen) atoms. The van der Waals surface area contributed by atoms with E-state index in [0.29, 0.717) is 17.4 Å². The van der Waals surface area contributed by atoms with Gasteiger partial charge in [-0.1, -0.05) is 12.1 Å². The van der Waals surface area contributed by atoms with Gasteiger partial charge in [-0.3, -0.25) is 10.1 Å². The van der Waals surface area contributed by atoms with Crippen LogP contribution in [0.5, 0.6) is 17.2 Å². The Kier molecular flexibility index (Phi) is 4.41. The van der Waals surface area contributed by atoms with Crippen LogP contribution in [0.1, 0.15) is 5.56 Å². The summed E-state index contributed by atoms with van der Waals surface area (Å²) in [5, 5.41) is 29.7. The lowest BCUT2D eigenvalue weighted by molar-refractivity contribution is -0.386. The molecule has 0 heterocycles. The van der Waals surface area contributed by atoms with Gasteiger partial charge in [-0.15, -0.1) is 0 Å². The summed E-state index contributed by atoms with van der Waals surface area (Å²) in [6.45, 7) is 0. The maximum Gasteiger partial charge on any atom is 0.315 e. The summed E-state index contributed by atoms with van der Waals surface area (Å²) in [4.78, 5) is 9.39. The molecule has 0 unspecified atom stereocenters. The fourth-order valence-electron chi connectivity index (χ4n) is 1.96. The van der Waals surface area contributed by atoms with Crippen LogP contribution in [0.4, 0.5) is 5.69 Å². The smallest absolute Gasteiger partial charge is 0.315 e. The highest BCUT2D eigenvalue weighted by molar-refractivity contribution is 7.90. The van der Waals surface area contributed by atoms with Gasteiger partial charge in [-0.25, -0.2) is 8.42 Å². The number of ether oxygens (including phenoxy) is 1. The van der Waals surface area contributed by atoms with Crippen LogP contribution in [0.2, 0.25) is 0 Å². The largest absolute Gasteiger partial charge is 0.504 e. The molecule has 0 aromatic heterocycles. The van der Waals surface area contributed by atoms with Crippen molar-refractivity contribution < 1.29 is 28.3 Å². The number of rotatable bonds is 5. The maximum absolute atomic E-state index is 12.4. The molecule has 0 atom stereocenters. The summed E-state index contributed by atoms with van der Waals surface area (Å²) in [5.74, 6) is -1.82. The number of phenols is 2. The minimum absolute atomic E-state index is 0.416. The minimum atomic E-state index is -3.96. The number of sulfone groups is 1. The van der Waals surface area contributed by atoms with E-state index in [9.17, 15) is 28.7 Å². The summed E-state index contributed by atoms with van der Waals surface area (Å²) in [6, 6.07) is 7.83. The van der Waals surface area contributed by atoms with Gasteiger partial charge in [0, 0.05) is 12.1 Å². The second-order valence-corrected chi connectivity index (χ2v) is 6.67. The van der Waals surface area contributed by atoms with Crippen LogP contribution in [0.3, 0.4) is 0 Å². The van der Waals surface area contributed by atoms with Gasteiger partial charge in [0.25, 0.3) is 0 Å². The molecule has 0 aliphatic rings. The normalized spacial score (nSPS) is 11.2. The second-order valence-electron chi connectivity index (χ2n) is 4.68. The molecular weight excluding hydrogens is 326 g/mol. The lowest BCUT2D eigenvalue weighted by Gasteiger charge is -2.08. The average molecular weight is 339 g/mol. The Labute approximate surface area is 131 Å². The van der Waals surface area contributed by atoms with Crippen LogP contribution < -0.4 is 4.74 Å². The summed E-state index contributed by atoms with van der Waals surface area (Å²) in [6.07, 6.45) is 0. The number of nitro groups is 1. The van der Waals surface area contributed by atoms with Gasteiger partial charge in [0.2, 0.25) is 5.75 Å². The zero-order valence-corrected chi connectivity index (χ0v) is 12.8. The van der Waals surface area contributed by atoms with Crippen LogP contribution in [0, 0.1) is 10.1 Å². The van der Waals surface area contributed by atoms with Gasteiger partial charge >= 0.3 is 5.69 Å². The highest BCUT2D eigenvalue weighted by atomic mass is 32.2. The van der Waals surface area contributed by atoms with Gasteiger partial charge in [-0.05, 0) is 17.7 Å². The van der Waals surface area contributed by atoms with E-state index >= 15 is 0 Å². The molecule has 0 saturated heterocycles. The first-order chi connectivity index (χ1) is 10.7. The molecule has 122 valence electrons. The zero-order chi connectivity index (χ0) is 17.2. The monoisotopic (exact) mass is 339 g/mol. The lowest BCUT2D eigenvalue weighted by atomic mass is 10.2. The molecule has 0 spiro atoms. The molecule has 9 heteroatoms. The van der Waals surface area contributed by atoms with Gasteiger partial charge in [0.15, 0.2) is 15.6 Å². The quantitative estimate of drug-likeness (QED) is 0.484. The molecule has 0 aliphatic carbocycles. The number of methoxy groups -OCH3 is 1. The average Bonchev–Trinajstić information content (AvgIpc) is 2.49. The fourth-order valence-corrected chi connectivity index (χ4v) is 3.33. The Morgan fingerprint density at radius 2 is 1.91 bits per heavy atom. The van der Waals surface area contributed by atoms with Crippen molar-refractivity contribution in [2.45, 2.75) is 10.6 Å². The fraction of sp³-hybridized carbons (Fsp3) is 0.143. The van der Waals surface area contributed by atoms with Gasteiger partial charge in [-0.2, -0.15) is 0 Å². The third kappa shape index (κ3) is 3.51. The van der Waals surface area contributed by atoms with Gasteiger partial charge in [0.1, 0.15) is 5.75 Å². The topological polar surface area (TPSA) is 127 Å². The lowest BCUT2D eigenvalue weighted by Crippen LogP contribution is -2.06. The Morgan fingerprint density at radius 3 is 2.52 bits per heavy atom. The van der Waals surface area contributed by atoms with Crippen molar-refractivity contribution in [1.82, 2.24) is 0 Å². The molecule has 2 aromatic rings. The van der Waals surface area contributed by atoms with E-state index in [1.807, 2.05) is 0 Å². The van der Waals surface area contributed by atoms with Crippen molar-refractivity contribution in [2.24, 2.45) is 0 Å². The molecule has 0 aliphatic heterocycles. The third-order valence-corrected chi connectivity index (χ3v) is 4.76. The number of hydrogen-bond donors (Lipinski definition) is 2. The molecule has 0 fully saturated rings. The van der Waals surface area contributed by atoms with Crippen molar-refractivity contribution in [1.29, 1.82) is 0 Å². The Morgan fingerprint density at radius 1 is 1.22 bits per heavy atom. The molecule has 0 radical (unpaired) electrons. The van der Waals surface area contributed by atoms with Crippen LogP contribution in [0.25, 0.3) is 0 Å². The molecular formula is C14H13NO7S. The van der Waals surface area contributed by atoms with Crippen LogP contribution in [-0.4, -0.2) is 30.7 Å². The predicted octanol–water partition coefficient (Wildman–Crippen LogP) is 1.99. The van der Waals surface area contributed by atoms with Crippen molar-refractivity contribution >= 4 is 15.5 Å². The summed E-state index contributed by atoms with van der Waals surface area (Å²) in [7, 11) is -2.53. The molecule has 0 amide bonds. The van der Waals surface area contributed by atoms with Crippen molar-refractivity contribution in [3.63, 3.8) is 0 Å². The van der Waals surface area contributed by atoms with Gasteiger partial charge < -0.3 is 14.9 Å². The Hall–Kier alpha value is -2.81. The summed E-state index contributed by atoms with van der Waals surface area (Å²) in [5.41, 5.74) is -0.464. The molecule has 2 N–H and O–H groups in total. The second kappa shape index (κ2) is 6.13. The number of nitrogens with zero attached hydrogens (tertiary/aromatic N) is 1. The first-order valence-corrected chi connectivity index (χ1v) is 7.96. The van der Waals surface area contributed by atoms with E-state index in [1.165, 1.54) is 13.2 Å². The number of hydrogen-bond acceptors (Lipinski definition) is 7. The molecule has 2 aromatic carbocycles. The SMILES string of the molecule is COc1cccc(CS(=O)(=O)c2cc(O)c(O)c([N+](=O)[O-])c2)c1. The van der Waals surface area contributed by atoms with Crippen molar-refractivity contribution in [2.75, 3.05) is 7.11 Å². The third-order valence-electron chi connectivity index (χ3n) is 3.09. The Balaban J connectivity index is 2.45. The molecule has 0 bridgehead atoms. The Bertz CT molecular complexity index is 861. The molecule has 8 nitrogen and oxygen atoms in total. The first kappa shape index (κ1) is 16.6. The van der Waals surface area contributed by atoms with E-state index < -0.39 is 42.6 Å². The number of nitro benzene ring substituents is 1. The van der Waals surface area contributed by atoms with Crippen molar-refractivity contribution in [3.8, 4) is 17.2 Å². The van der Waals surface area contributed by atoms with E-state index in [4.69, 9.17) is 4.74 Å². The van der Waals surface area contributed by atoms with Crippen LogP contribution in [-0.2, 0) is 15.6 Å².